The van der Waals surface area contributed by atoms with Crippen molar-refractivity contribution in [2.24, 2.45) is 7.05 Å². The third kappa shape index (κ3) is 2.63. The SMILES string of the molecule is Cn1nccc1CNS(C)(=O)=O. The molecule has 1 rings (SSSR count). The molecule has 5 nitrogen and oxygen atoms in total. The molecule has 0 radical (unpaired) electrons. The maximum atomic E-state index is 10.7. The summed E-state index contributed by atoms with van der Waals surface area (Å²) in [7, 11) is -1.34. The normalized spacial score (nSPS) is 11.8. The van der Waals surface area contributed by atoms with Crippen LogP contribution in [0.25, 0.3) is 0 Å². The van der Waals surface area contributed by atoms with Crippen LogP contribution in [0.3, 0.4) is 0 Å². The third-order valence-electron chi connectivity index (χ3n) is 1.44. The van der Waals surface area contributed by atoms with Gasteiger partial charge in [0, 0.05) is 13.2 Å². The molecule has 68 valence electrons. The van der Waals surface area contributed by atoms with E-state index in [1.807, 2.05) is 0 Å². The fourth-order valence-electron chi connectivity index (χ4n) is 0.780. The van der Waals surface area contributed by atoms with E-state index >= 15 is 0 Å². The molecular formula is C6H11N3O2S. The summed E-state index contributed by atoms with van der Waals surface area (Å²) < 4.78 is 25.4. The summed E-state index contributed by atoms with van der Waals surface area (Å²) in [6.07, 6.45) is 2.75. The number of aryl methyl sites for hydroxylation is 1. The number of rotatable bonds is 3. The van der Waals surface area contributed by atoms with E-state index in [-0.39, 0.29) is 6.54 Å². The molecular weight excluding hydrogens is 178 g/mol. The van der Waals surface area contributed by atoms with Gasteiger partial charge in [0.05, 0.1) is 18.5 Å². The second kappa shape index (κ2) is 3.24. The molecule has 0 aliphatic heterocycles. The summed E-state index contributed by atoms with van der Waals surface area (Å²) >= 11 is 0. The van der Waals surface area contributed by atoms with Crippen LogP contribution < -0.4 is 4.72 Å². The minimum absolute atomic E-state index is 0.287. The quantitative estimate of drug-likeness (QED) is 0.695. The predicted octanol–water partition coefficient (Wildman–Crippen LogP) is -0.531. The van der Waals surface area contributed by atoms with Gasteiger partial charge in [0.25, 0.3) is 0 Å². The summed E-state index contributed by atoms with van der Waals surface area (Å²) in [5.41, 5.74) is 0.834. The Bertz CT molecular complexity index is 355. The van der Waals surface area contributed by atoms with Crippen LogP contribution in [0.15, 0.2) is 12.3 Å². The van der Waals surface area contributed by atoms with Gasteiger partial charge in [0.15, 0.2) is 0 Å². The van der Waals surface area contributed by atoms with E-state index in [2.05, 4.69) is 9.82 Å². The molecule has 0 bridgehead atoms. The van der Waals surface area contributed by atoms with E-state index in [0.717, 1.165) is 11.9 Å². The van der Waals surface area contributed by atoms with E-state index in [4.69, 9.17) is 0 Å². The Kier molecular flexibility index (Phi) is 2.49. The van der Waals surface area contributed by atoms with Crippen molar-refractivity contribution < 1.29 is 8.42 Å². The largest absolute Gasteiger partial charge is 0.271 e. The molecule has 0 aromatic carbocycles. The number of nitrogens with zero attached hydrogens (tertiary/aromatic N) is 2. The Hall–Kier alpha value is -0.880. The molecule has 1 aromatic heterocycles. The van der Waals surface area contributed by atoms with Crippen molar-refractivity contribution in [3.8, 4) is 0 Å². The Morgan fingerprint density at radius 3 is 2.75 bits per heavy atom. The molecule has 1 aromatic rings. The van der Waals surface area contributed by atoms with Gasteiger partial charge in [0.2, 0.25) is 10.0 Å². The van der Waals surface area contributed by atoms with E-state index in [0.29, 0.717) is 0 Å². The van der Waals surface area contributed by atoms with Crippen molar-refractivity contribution in [2.45, 2.75) is 6.54 Å². The number of aromatic nitrogens is 2. The van der Waals surface area contributed by atoms with Gasteiger partial charge in [-0.15, -0.1) is 0 Å². The van der Waals surface area contributed by atoms with Crippen molar-refractivity contribution >= 4 is 10.0 Å². The maximum Gasteiger partial charge on any atom is 0.209 e. The first-order valence-electron chi connectivity index (χ1n) is 3.40. The fraction of sp³-hybridized carbons (Fsp3) is 0.500. The molecule has 0 atom stereocenters. The Balaban J connectivity index is 2.61. The minimum atomic E-state index is -3.11. The monoisotopic (exact) mass is 189 g/mol. The Morgan fingerprint density at radius 2 is 2.33 bits per heavy atom. The molecule has 1 N–H and O–H groups in total. The van der Waals surface area contributed by atoms with Crippen LogP contribution in [0, 0.1) is 0 Å². The molecule has 0 amide bonds. The van der Waals surface area contributed by atoms with Gasteiger partial charge in [-0.2, -0.15) is 5.10 Å². The highest BCUT2D eigenvalue weighted by Crippen LogP contribution is 1.95. The van der Waals surface area contributed by atoms with Crippen LogP contribution >= 0.6 is 0 Å². The first-order chi connectivity index (χ1) is 5.49. The lowest BCUT2D eigenvalue weighted by molar-refractivity contribution is 0.583. The Labute approximate surface area is 71.4 Å². The summed E-state index contributed by atoms with van der Waals surface area (Å²) in [6, 6.07) is 1.76. The van der Waals surface area contributed by atoms with Gasteiger partial charge in [-0.1, -0.05) is 0 Å². The fourth-order valence-corrected chi connectivity index (χ4v) is 1.19. The van der Waals surface area contributed by atoms with E-state index in [1.165, 1.54) is 0 Å². The van der Waals surface area contributed by atoms with Crippen molar-refractivity contribution in [2.75, 3.05) is 6.26 Å². The lowest BCUT2D eigenvalue weighted by Gasteiger charge is -2.01. The van der Waals surface area contributed by atoms with Gasteiger partial charge in [-0.3, -0.25) is 4.68 Å². The maximum absolute atomic E-state index is 10.7. The second-order valence-electron chi connectivity index (χ2n) is 2.54. The number of sulfonamides is 1. The molecule has 0 aliphatic rings. The van der Waals surface area contributed by atoms with Gasteiger partial charge >= 0.3 is 0 Å². The summed E-state index contributed by atoms with van der Waals surface area (Å²) in [6.45, 7) is 0.287. The van der Waals surface area contributed by atoms with Crippen LogP contribution in [-0.2, 0) is 23.6 Å². The minimum Gasteiger partial charge on any atom is -0.271 e. The smallest absolute Gasteiger partial charge is 0.209 e. The van der Waals surface area contributed by atoms with Crippen LogP contribution in [0.5, 0.6) is 0 Å². The van der Waals surface area contributed by atoms with Crippen molar-refractivity contribution in [1.82, 2.24) is 14.5 Å². The van der Waals surface area contributed by atoms with Crippen molar-refractivity contribution in [3.05, 3.63) is 18.0 Å². The first-order valence-corrected chi connectivity index (χ1v) is 5.30. The van der Waals surface area contributed by atoms with E-state index < -0.39 is 10.0 Å². The molecule has 1 heterocycles. The van der Waals surface area contributed by atoms with Crippen LogP contribution in [-0.4, -0.2) is 24.5 Å². The average molecular weight is 189 g/mol. The summed E-state index contributed by atoms with van der Waals surface area (Å²) in [5.74, 6) is 0. The van der Waals surface area contributed by atoms with E-state index in [9.17, 15) is 8.42 Å². The van der Waals surface area contributed by atoms with Gasteiger partial charge in [0.1, 0.15) is 0 Å². The lowest BCUT2D eigenvalue weighted by Crippen LogP contribution is -2.22. The molecule has 0 saturated carbocycles. The standard InChI is InChI=1S/C6H11N3O2S/c1-9-6(3-4-7-9)5-8-12(2,10)11/h3-4,8H,5H2,1-2H3. The average Bonchev–Trinajstić information content (AvgIpc) is 2.29. The number of hydrogen-bond acceptors (Lipinski definition) is 3. The molecule has 0 spiro atoms. The summed E-state index contributed by atoms with van der Waals surface area (Å²) in [4.78, 5) is 0. The van der Waals surface area contributed by atoms with Gasteiger partial charge in [-0.05, 0) is 6.07 Å². The van der Waals surface area contributed by atoms with Crippen molar-refractivity contribution in [3.63, 3.8) is 0 Å². The van der Waals surface area contributed by atoms with Gasteiger partial charge < -0.3 is 0 Å². The molecule has 0 aliphatic carbocycles. The highest BCUT2D eigenvalue weighted by molar-refractivity contribution is 7.88. The van der Waals surface area contributed by atoms with Gasteiger partial charge in [-0.25, -0.2) is 13.1 Å². The third-order valence-corrected chi connectivity index (χ3v) is 2.11. The highest BCUT2D eigenvalue weighted by atomic mass is 32.2. The van der Waals surface area contributed by atoms with Crippen LogP contribution in [0.1, 0.15) is 5.69 Å². The topological polar surface area (TPSA) is 64.0 Å². The lowest BCUT2D eigenvalue weighted by atomic mass is 10.4. The zero-order valence-corrected chi connectivity index (χ0v) is 7.80. The van der Waals surface area contributed by atoms with Crippen molar-refractivity contribution in [1.29, 1.82) is 0 Å². The predicted molar refractivity (Wildman–Crippen MR) is 44.9 cm³/mol. The molecule has 0 fully saturated rings. The first kappa shape index (κ1) is 9.21. The Morgan fingerprint density at radius 1 is 1.67 bits per heavy atom. The summed E-state index contributed by atoms with van der Waals surface area (Å²) in [5, 5.41) is 3.90. The van der Waals surface area contributed by atoms with Crippen LogP contribution in [0.4, 0.5) is 0 Å². The molecule has 0 saturated heterocycles. The highest BCUT2D eigenvalue weighted by Gasteiger charge is 2.02. The zero-order valence-electron chi connectivity index (χ0n) is 6.98. The number of nitrogens with one attached hydrogen (secondary N) is 1. The van der Waals surface area contributed by atoms with Crippen LogP contribution in [0.2, 0.25) is 0 Å². The molecule has 6 heteroatoms. The number of hydrogen-bond donors (Lipinski definition) is 1. The second-order valence-corrected chi connectivity index (χ2v) is 4.37. The molecule has 12 heavy (non-hydrogen) atoms. The molecule has 0 unspecified atom stereocenters. The zero-order chi connectivity index (χ0) is 9.19. The van der Waals surface area contributed by atoms with E-state index in [1.54, 1.807) is 24.0 Å².